The van der Waals surface area contributed by atoms with E-state index in [0.717, 1.165) is 10.0 Å². The van der Waals surface area contributed by atoms with Crippen LogP contribution in [0, 0.1) is 6.92 Å². The molecule has 128 valence electrons. The summed E-state index contributed by atoms with van der Waals surface area (Å²) in [6, 6.07) is 16.8. The molecule has 1 aromatic heterocycles. The van der Waals surface area contributed by atoms with Gasteiger partial charge in [-0.3, -0.25) is 0 Å². The van der Waals surface area contributed by atoms with Crippen LogP contribution in [0.15, 0.2) is 63.5 Å². The van der Waals surface area contributed by atoms with Crippen LogP contribution in [0.25, 0.3) is 11.5 Å². The Hall–Kier alpha value is -2.60. The Labute approximate surface area is 153 Å². The molecule has 0 fully saturated rings. The third-order valence-electron chi connectivity index (χ3n) is 3.44. The van der Waals surface area contributed by atoms with Gasteiger partial charge in [0.05, 0.1) is 0 Å². The average Bonchev–Trinajstić information content (AvgIpc) is 3.00. The fourth-order valence-corrected chi connectivity index (χ4v) is 2.53. The Bertz CT molecular complexity index is 861. The number of nitrogens with zero attached hydrogens (tertiary/aromatic N) is 1. The second-order valence-corrected chi connectivity index (χ2v) is 6.21. The first-order chi connectivity index (χ1) is 12.1. The lowest BCUT2D eigenvalue weighted by atomic mass is 10.2. The van der Waals surface area contributed by atoms with Gasteiger partial charge in [-0.2, -0.15) is 0 Å². The summed E-state index contributed by atoms with van der Waals surface area (Å²) < 4.78 is 17.1. The Morgan fingerprint density at radius 1 is 1.16 bits per heavy atom. The molecule has 1 heterocycles. The zero-order chi connectivity index (χ0) is 17.6. The number of aryl methyl sites for hydroxylation is 1. The highest BCUT2D eigenvalue weighted by atomic mass is 79.9. The topological polar surface area (TPSA) is 61.6 Å². The van der Waals surface area contributed by atoms with E-state index in [4.69, 9.17) is 13.9 Å². The molecule has 0 atom stereocenters. The smallest absolute Gasteiger partial charge is 0.344 e. The maximum Gasteiger partial charge on any atom is 0.344 e. The van der Waals surface area contributed by atoms with Crippen LogP contribution in [0.2, 0.25) is 0 Å². The van der Waals surface area contributed by atoms with Crippen LogP contribution in [-0.4, -0.2) is 17.6 Å². The Kier molecular flexibility index (Phi) is 5.50. The third kappa shape index (κ3) is 4.70. The van der Waals surface area contributed by atoms with Crippen molar-refractivity contribution in [2.24, 2.45) is 0 Å². The fraction of sp³-hybridized carbons (Fsp3) is 0.158. The highest BCUT2D eigenvalue weighted by molar-refractivity contribution is 9.10. The van der Waals surface area contributed by atoms with Crippen LogP contribution in [-0.2, 0) is 16.1 Å². The highest BCUT2D eigenvalue weighted by Gasteiger charge is 2.13. The lowest BCUT2D eigenvalue weighted by Gasteiger charge is -2.06. The van der Waals surface area contributed by atoms with Gasteiger partial charge in [-0.25, -0.2) is 9.78 Å². The van der Waals surface area contributed by atoms with Gasteiger partial charge in [0.2, 0.25) is 5.89 Å². The van der Waals surface area contributed by atoms with Crippen LogP contribution in [0.5, 0.6) is 5.75 Å². The largest absolute Gasteiger partial charge is 0.482 e. The van der Waals surface area contributed by atoms with Crippen molar-refractivity contribution in [3.05, 3.63) is 70.5 Å². The summed E-state index contributed by atoms with van der Waals surface area (Å²) in [4.78, 5) is 16.2. The summed E-state index contributed by atoms with van der Waals surface area (Å²) in [5.41, 5.74) is 1.47. The SMILES string of the molecule is Cc1oc(-c2ccccc2)nc1COC(=O)COc1cccc(Br)c1. The van der Waals surface area contributed by atoms with Crippen LogP contribution >= 0.6 is 15.9 Å². The molecule has 25 heavy (non-hydrogen) atoms. The van der Waals surface area contributed by atoms with Crippen LogP contribution in [0.3, 0.4) is 0 Å². The summed E-state index contributed by atoms with van der Waals surface area (Å²) in [5.74, 6) is 1.26. The summed E-state index contributed by atoms with van der Waals surface area (Å²) in [6.45, 7) is 1.67. The Morgan fingerprint density at radius 2 is 1.96 bits per heavy atom. The molecule has 0 saturated heterocycles. The van der Waals surface area contributed by atoms with Gasteiger partial charge in [-0.15, -0.1) is 0 Å². The normalized spacial score (nSPS) is 10.5. The molecule has 5 nitrogen and oxygen atoms in total. The van der Waals surface area contributed by atoms with Crippen molar-refractivity contribution in [1.29, 1.82) is 0 Å². The minimum absolute atomic E-state index is 0.0445. The fourth-order valence-electron chi connectivity index (χ4n) is 2.16. The Morgan fingerprint density at radius 3 is 2.72 bits per heavy atom. The number of aromatic nitrogens is 1. The van der Waals surface area contributed by atoms with Crippen molar-refractivity contribution in [2.45, 2.75) is 13.5 Å². The quantitative estimate of drug-likeness (QED) is 0.567. The predicted octanol–water partition coefficient (Wildman–Crippen LogP) is 4.53. The van der Waals surface area contributed by atoms with E-state index >= 15 is 0 Å². The van der Waals surface area contributed by atoms with Gasteiger partial charge < -0.3 is 13.9 Å². The maximum atomic E-state index is 11.8. The standard InChI is InChI=1S/C19H16BrNO4/c1-13-17(21-19(25-13)14-6-3-2-4-7-14)11-24-18(22)12-23-16-9-5-8-15(20)10-16/h2-10H,11-12H2,1H3. The van der Waals surface area contributed by atoms with Crippen molar-refractivity contribution in [3.63, 3.8) is 0 Å². The van der Waals surface area contributed by atoms with E-state index in [9.17, 15) is 4.79 Å². The van der Waals surface area contributed by atoms with Crippen molar-refractivity contribution < 1.29 is 18.7 Å². The molecule has 0 bridgehead atoms. The van der Waals surface area contributed by atoms with E-state index in [0.29, 0.717) is 23.1 Å². The van der Waals surface area contributed by atoms with Crippen LogP contribution in [0.4, 0.5) is 0 Å². The number of oxazole rings is 1. The number of halogens is 1. The molecule has 0 aliphatic carbocycles. The molecule has 6 heteroatoms. The second kappa shape index (κ2) is 7.98. The second-order valence-electron chi connectivity index (χ2n) is 5.29. The lowest BCUT2D eigenvalue weighted by molar-refractivity contribution is -0.147. The van der Waals surface area contributed by atoms with Crippen molar-refractivity contribution >= 4 is 21.9 Å². The van der Waals surface area contributed by atoms with E-state index in [1.807, 2.05) is 42.5 Å². The summed E-state index contributed by atoms with van der Waals surface area (Å²) in [6.07, 6.45) is 0. The number of benzene rings is 2. The molecular formula is C19H16BrNO4. The molecule has 0 unspecified atom stereocenters. The van der Waals surface area contributed by atoms with Crippen molar-refractivity contribution in [2.75, 3.05) is 6.61 Å². The zero-order valence-corrected chi connectivity index (χ0v) is 15.2. The summed E-state index contributed by atoms with van der Waals surface area (Å²) >= 11 is 3.35. The minimum atomic E-state index is -0.469. The molecule has 2 aromatic carbocycles. The average molecular weight is 402 g/mol. The molecule has 0 N–H and O–H groups in total. The third-order valence-corrected chi connectivity index (χ3v) is 3.93. The molecule has 0 amide bonds. The van der Waals surface area contributed by atoms with E-state index in [-0.39, 0.29) is 13.2 Å². The lowest BCUT2D eigenvalue weighted by Crippen LogP contribution is -2.15. The van der Waals surface area contributed by atoms with Crippen LogP contribution in [0.1, 0.15) is 11.5 Å². The summed E-state index contributed by atoms with van der Waals surface area (Å²) in [5, 5.41) is 0. The molecule has 0 saturated carbocycles. The van der Waals surface area contributed by atoms with E-state index in [1.165, 1.54) is 0 Å². The minimum Gasteiger partial charge on any atom is -0.482 e. The summed E-state index contributed by atoms with van der Waals surface area (Å²) in [7, 11) is 0. The van der Waals surface area contributed by atoms with Gasteiger partial charge in [0.1, 0.15) is 23.8 Å². The molecule has 0 radical (unpaired) electrons. The van der Waals surface area contributed by atoms with Gasteiger partial charge in [0.15, 0.2) is 6.61 Å². The van der Waals surface area contributed by atoms with Crippen LogP contribution < -0.4 is 4.74 Å². The first-order valence-electron chi connectivity index (χ1n) is 7.67. The van der Waals surface area contributed by atoms with Crippen molar-refractivity contribution in [3.8, 4) is 17.2 Å². The number of hydrogen-bond acceptors (Lipinski definition) is 5. The number of carbonyl (C=O) groups is 1. The molecule has 0 aliphatic rings. The number of carbonyl (C=O) groups excluding carboxylic acids is 1. The van der Waals surface area contributed by atoms with E-state index < -0.39 is 5.97 Å². The predicted molar refractivity (Wildman–Crippen MR) is 96.1 cm³/mol. The maximum absolute atomic E-state index is 11.8. The van der Waals surface area contributed by atoms with E-state index in [1.54, 1.807) is 19.1 Å². The van der Waals surface area contributed by atoms with Gasteiger partial charge in [-0.1, -0.05) is 40.2 Å². The number of rotatable bonds is 6. The first kappa shape index (κ1) is 17.2. The zero-order valence-electron chi connectivity index (χ0n) is 13.6. The molecule has 3 rings (SSSR count). The monoisotopic (exact) mass is 401 g/mol. The molecule has 0 aliphatic heterocycles. The molecular weight excluding hydrogens is 386 g/mol. The highest BCUT2D eigenvalue weighted by Crippen LogP contribution is 2.22. The van der Waals surface area contributed by atoms with Gasteiger partial charge in [0.25, 0.3) is 0 Å². The molecule has 0 spiro atoms. The Balaban J connectivity index is 1.55. The number of esters is 1. The number of hydrogen-bond donors (Lipinski definition) is 0. The van der Waals surface area contributed by atoms with Gasteiger partial charge in [0, 0.05) is 10.0 Å². The first-order valence-corrected chi connectivity index (χ1v) is 8.47. The van der Waals surface area contributed by atoms with Crippen molar-refractivity contribution in [1.82, 2.24) is 4.98 Å². The van der Waals surface area contributed by atoms with Gasteiger partial charge >= 0.3 is 5.97 Å². The molecule has 3 aromatic rings. The van der Waals surface area contributed by atoms with Gasteiger partial charge in [-0.05, 0) is 37.3 Å². The number of ether oxygens (including phenoxy) is 2. The van der Waals surface area contributed by atoms with E-state index in [2.05, 4.69) is 20.9 Å².